The molecule has 1 aromatic rings. The molecule has 0 atom stereocenters. The summed E-state index contributed by atoms with van der Waals surface area (Å²) in [7, 11) is 0. The predicted octanol–water partition coefficient (Wildman–Crippen LogP) is 1.74. The van der Waals surface area contributed by atoms with Crippen LogP contribution in [-0.2, 0) is 0 Å². The third kappa shape index (κ3) is 2.84. The van der Waals surface area contributed by atoms with E-state index in [1.807, 2.05) is 0 Å². The molecule has 1 aromatic heterocycles. The van der Waals surface area contributed by atoms with Crippen molar-refractivity contribution in [2.45, 2.75) is 0 Å². The summed E-state index contributed by atoms with van der Waals surface area (Å²) in [6.45, 7) is 0.837. The summed E-state index contributed by atoms with van der Waals surface area (Å²) in [4.78, 5) is 11.3. The Kier molecular flexibility index (Phi) is 3.99. The molecule has 13 heavy (non-hydrogen) atoms. The van der Waals surface area contributed by atoms with E-state index in [0.717, 1.165) is 0 Å². The van der Waals surface area contributed by atoms with Gasteiger partial charge in [0.2, 0.25) is 0 Å². The van der Waals surface area contributed by atoms with Crippen molar-refractivity contribution >= 4 is 40.4 Å². The van der Waals surface area contributed by atoms with E-state index in [9.17, 15) is 4.79 Å². The standard InChI is InChI=1S/C7H8Cl2N2OS/c8-5-3-4(6(9)13-5)7(12)11-2-1-10/h3H,1-2,10H2,(H,11,12). The molecule has 0 spiro atoms. The van der Waals surface area contributed by atoms with Crippen molar-refractivity contribution in [2.75, 3.05) is 13.1 Å². The van der Waals surface area contributed by atoms with E-state index in [2.05, 4.69) is 5.32 Å². The van der Waals surface area contributed by atoms with Gasteiger partial charge in [-0.3, -0.25) is 4.79 Å². The van der Waals surface area contributed by atoms with Gasteiger partial charge >= 0.3 is 0 Å². The van der Waals surface area contributed by atoms with E-state index in [1.54, 1.807) is 6.07 Å². The summed E-state index contributed by atoms with van der Waals surface area (Å²) >= 11 is 12.6. The summed E-state index contributed by atoms with van der Waals surface area (Å²) in [5.74, 6) is -0.237. The first-order valence-electron chi connectivity index (χ1n) is 3.58. The highest BCUT2D eigenvalue weighted by Crippen LogP contribution is 2.30. The van der Waals surface area contributed by atoms with Crippen molar-refractivity contribution in [3.05, 3.63) is 20.3 Å². The molecular formula is C7H8Cl2N2OS. The largest absolute Gasteiger partial charge is 0.351 e. The Morgan fingerprint density at radius 3 is 2.77 bits per heavy atom. The van der Waals surface area contributed by atoms with Crippen LogP contribution in [0.15, 0.2) is 6.07 Å². The minimum absolute atomic E-state index is 0.237. The number of carbonyl (C=O) groups is 1. The van der Waals surface area contributed by atoms with Crippen molar-refractivity contribution in [3.8, 4) is 0 Å². The van der Waals surface area contributed by atoms with Gasteiger partial charge < -0.3 is 11.1 Å². The fourth-order valence-corrected chi connectivity index (χ4v) is 2.23. The molecule has 0 radical (unpaired) electrons. The second kappa shape index (κ2) is 4.81. The second-order valence-corrected chi connectivity index (χ2v) is 4.57. The van der Waals surface area contributed by atoms with Gasteiger partial charge in [-0.05, 0) is 6.07 Å². The van der Waals surface area contributed by atoms with Crippen LogP contribution in [0.25, 0.3) is 0 Å². The quantitative estimate of drug-likeness (QED) is 0.844. The van der Waals surface area contributed by atoms with E-state index in [-0.39, 0.29) is 5.91 Å². The van der Waals surface area contributed by atoms with Crippen LogP contribution in [0.4, 0.5) is 0 Å². The number of amides is 1. The molecule has 0 bridgehead atoms. The Morgan fingerprint density at radius 1 is 1.62 bits per heavy atom. The number of hydrogen-bond acceptors (Lipinski definition) is 3. The molecule has 0 fully saturated rings. The molecule has 6 heteroatoms. The Morgan fingerprint density at radius 2 is 2.31 bits per heavy atom. The molecule has 0 saturated carbocycles. The van der Waals surface area contributed by atoms with E-state index < -0.39 is 0 Å². The fourth-order valence-electron chi connectivity index (χ4n) is 0.776. The third-order valence-electron chi connectivity index (χ3n) is 1.33. The summed E-state index contributed by atoms with van der Waals surface area (Å²) in [5, 5.41) is 2.60. The average Bonchev–Trinajstić information content (AvgIpc) is 2.41. The van der Waals surface area contributed by atoms with Crippen molar-refractivity contribution in [1.29, 1.82) is 0 Å². The van der Waals surface area contributed by atoms with Crippen molar-refractivity contribution < 1.29 is 4.79 Å². The zero-order valence-electron chi connectivity index (χ0n) is 6.64. The normalized spacial score (nSPS) is 10.1. The van der Waals surface area contributed by atoms with Gasteiger partial charge in [0, 0.05) is 13.1 Å². The van der Waals surface area contributed by atoms with Crippen LogP contribution < -0.4 is 11.1 Å². The molecule has 1 heterocycles. The van der Waals surface area contributed by atoms with Crippen LogP contribution in [-0.4, -0.2) is 19.0 Å². The molecule has 1 rings (SSSR count). The zero-order chi connectivity index (χ0) is 9.84. The molecule has 0 unspecified atom stereocenters. The number of carbonyl (C=O) groups excluding carboxylic acids is 1. The van der Waals surface area contributed by atoms with Gasteiger partial charge in [0.15, 0.2) is 0 Å². The number of halogens is 2. The molecule has 3 N–H and O–H groups in total. The van der Waals surface area contributed by atoms with Crippen LogP contribution in [0.3, 0.4) is 0 Å². The summed E-state index contributed by atoms with van der Waals surface area (Å²) in [5.41, 5.74) is 5.63. The maximum Gasteiger partial charge on any atom is 0.253 e. The molecule has 3 nitrogen and oxygen atoms in total. The van der Waals surface area contributed by atoms with E-state index in [0.29, 0.717) is 27.3 Å². The van der Waals surface area contributed by atoms with Crippen LogP contribution in [0.2, 0.25) is 8.67 Å². The number of nitrogens with one attached hydrogen (secondary N) is 1. The number of nitrogens with two attached hydrogens (primary N) is 1. The van der Waals surface area contributed by atoms with Crippen molar-refractivity contribution in [3.63, 3.8) is 0 Å². The van der Waals surface area contributed by atoms with Crippen LogP contribution in [0, 0.1) is 0 Å². The highest BCUT2D eigenvalue weighted by molar-refractivity contribution is 7.20. The number of thiophene rings is 1. The molecule has 0 aliphatic rings. The van der Waals surface area contributed by atoms with Crippen LogP contribution in [0.1, 0.15) is 10.4 Å². The molecule has 0 aromatic carbocycles. The first-order chi connectivity index (χ1) is 6.15. The highest BCUT2D eigenvalue weighted by Gasteiger charge is 2.12. The molecule has 0 aliphatic heterocycles. The summed E-state index contributed by atoms with van der Waals surface area (Å²) in [6, 6.07) is 1.54. The zero-order valence-corrected chi connectivity index (χ0v) is 8.97. The minimum atomic E-state index is -0.237. The van der Waals surface area contributed by atoms with Gasteiger partial charge in [0.1, 0.15) is 4.34 Å². The Hall–Kier alpha value is -0.290. The van der Waals surface area contributed by atoms with Crippen molar-refractivity contribution in [2.24, 2.45) is 5.73 Å². The van der Waals surface area contributed by atoms with Crippen LogP contribution >= 0.6 is 34.5 Å². The lowest BCUT2D eigenvalue weighted by molar-refractivity contribution is 0.0955. The maximum absolute atomic E-state index is 11.3. The summed E-state index contributed by atoms with van der Waals surface area (Å²) in [6.07, 6.45) is 0. The Bertz CT molecular complexity index is 313. The first kappa shape index (κ1) is 10.8. The second-order valence-electron chi connectivity index (χ2n) is 2.28. The van der Waals surface area contributed by atoms with Gasteiger partial charge in [-0.2, -0.15) is 0 Å². The van der Waals surface area contributed by atoms with Gasteiger partial charge in [-0.25, -0.2) is 0 Å². The maximum atomic E-state index is 11.3. The Labute approximate surface area is 89.8 Å². The number of hydrogen-bond donors (Lipinski definition) is 2. The number of rotatable bonds is 3. The summed E-state index contributed by atoms with van der Waals surface area (Å²) < 4.78 is 0.905. The van der Waals surface area contributed by atoms with Crippen molar-refractivity contribution in [1.82, 2.24) is 5.32 Å². The van der Waals surface area contributed by atoms with Gasteiger partial charge in [0.05, 0.1) is 9.90 Å². The van der Waals surface area contributed by atoms with E-state index >= 15 is 0 Å². The highest BCUT2D eigenvalue weighted by atomic mass is 35.5. The molecule has 0 aliphatic carbocycles. The van der Waals surface area contributed by atoms with Crippen LogP contribution in [0.5, 0.6) is 0 Å². The average molecular weight is 239 g/mol. The predicted molar refractivity (Wildman–Crippen MR) is 55.7 cm³/mol. The van der Waals surface area contributed by atoms with Gasteiger partial charge in [0.25, 0.3) is 5.91 Å². The fraction of sp³-hybridized carbons (Fsp3) is 0.286. The molecule has 1 amide bonds. The SMILES string of the molecule is NCCNC(=O)c1cc(Cl)sc1Cl. The topological polar surface area (TPSA) is 55.1 Å². The Balaban J connectivity index is 2.70. The molecular weight excluding hydrogens is 231 g/mol. The first-order valence-corrected chi connectivity index (χ1v) is 5.15. The van der Waals surface area contributed by atoms with Gasteiger partial charge in [-0.15, -0.1) is 11.3 Å². The lowest BCUT2D eigenvalue weighted by atomic mass is 10.3. The smallest absolute Gasteiger partial charge is 0.253 e. The van der Waals surface area contributed by atoms with E-state index in [4.69, 9.17) is 28.9 Å². The minimum Gasteiger partial charge on any atom is -0.351 e. The third-order valence-corrected chi connectivity index (χ3v) is 2.82. The molecule has 72 valence electrons. The monoisotopic (exact) mass is 238 g/mol. The van der Waals surface area contributed by atoms with E-state index in [1.165, 1.54) is 11.3 Å². The lowest BCUT2D eigenvalue weighted by Gasteiger charge is -2.00. The van der Waals surface area contributed by atoms with Gasteiger partial charge in [-0.1, -0.05) is 23.2 Å². The molecule has 0 saturated heterocycles. The lowest BCUT2D eigenvalue weighted by Crippen LogP contribution is -2.28.